The smallest absolute Gasteiger partial charge is 0.224 e. The number of nitrogens with one attached hydrogen (secondary N) is 2. The number of hydrogen-bond donors (Lipinski definition) is 2. The average Bonchev–Trinajstić information content (AvgIpc) is 2.70. The number of anilines is 1. The number of hydrogen-bond acceptors (Lipinski definition) is 2. The molecule has 3 nitrogen and oxygen atoms in total. The monoisotopic (exact) mass is 310 g/mol. The van der Waals surface area contributed by atoms with Gasteiger partial charge >= 0.3 is 0 Å². The Kier molecular flexibility index (Phi) is 8.40. The molecule has 4 heteroatoms. The zero-order valence-electron chi connectivity index (χ0n) is 12.9. The Morgan fingerprint density at radius 2 is 1.81 bits per heavy atom. The Hall–Kier alpha value is -1.06. The lowest BCUT2D eigenvalue weighted by Crippen LogP contribution is -2.18. The van der Waals surface area contributed by atoms with Crippen molar-refractivity contribution in [1.29, 1.82) is 0 Å². The number of para-hydroxylation sites is 1. The third kappa shape index (κ3) is 6.06. The summed E-state index contributed by atoms with van der Waals surface area (Å²) in [5.74, 6) is 0.745. The fraction of sp³-hybridized carbons (Fsp3) is 0.588. The van der Waals surface area contributed by atoms with Gasteiger partial charge in [0.1, 0.15) is 0 Å². The summed E-state index contributed by atoms with van der Waals surface area (Å²) >= 11 is 0. The number of benzene rings is 1. The van der Waals surface area contributed by atoms with E-state index in [9.17, 15) is 4.79 Å². The lowest BCUT2D eigenvalue weighted by atomic mass is 9.96. The van der Waals surface area contributed by atoms with Crippen LogP contribution in [-0.4, -0.2) is 13.0 Å². The molecule has 0 spiro atoms. The highest BCUT2D eigenvalue weighted by molar-refractivity contribution is 5.91. The minimum Gasteiger partial charge on any atom is -0.326 e. The molecular formula is C17H27ClN2O. The van der Waals surface area contributed by atoms with Crippen molar-refractivity contribution in [1.82, 2.24) is 5.32 Å². The lowest BCUT2D eigenvalue weighted by Gasteiger charge is -2.15. The molecule has 0 heterocycles. The summed E-state index contributed by atoms with van der Waals surface area (Å²) in [5, 5.41) is 6.22. The number of halogens is 1. The summed E-state index contributed by atoms with van der Waals surface area (Å²) in [6.07, 6.45) is 8.35. The van der Waals surface area contributed by atoms with E-state index >= 15 is 0 Å². The maximum atomic E-state index is 12.2. The van der Waals surface area contributed by atoms with Gasteiger partial charge in [-0.1, -0.05) is 43.9 Å². The van der Waals surface area contributed by atoms with Crippen molar-refractivity contribution in [2.75, 3.05) is 12.4 Å². The molecule has 2 rings (SSSR count). The molecule has 0 atom stereocenters. The van der Waals surface area contributed by atoms with E-state index in [0.29, 0.717) is 12.3 Å². The molecule has 0 aromatic heterocycles. The van der Waals surface area contributed by atoms with Crippen LogP contribution in [0.1, 0.15) is 50.5 Å². The first-order valence-electron chi connectivity index (χ1n) is 7.82. The van der Waals surface area contributed by atoms with Crippen LogP contribution >= 0.6 is 12.4 Å². The van der Waals surface area contributed by atoms with E-state index in [4.69, 9.17) is 0 Å². The van der Waals surface area contributed by atoms with E-state index in [1.807, 2.05) is 25.2 Å². The molecule has 2 N–H and O–H groups in total. The molecule has 21 heavy (non-hydrogen) atoms. The number of carbonyl (C=O) groups excluding carboxylic acids is 1. The SMILES string of the molecule is CNCc1ccccc1NC(=O)CC1CCCCCC1.Cl. The van der Waals surface area contributed by atoms with Crippen molar-refractivity contribution in [3.63, 3.8) is 0 Å². The Morgan fingerprint density at radius 3 is 2.48 bits per heavy atom. The van der Waals surface area contributed by atoms with Crippen LogP contribution in [0.5, 0.6) is 0 Å². The number of carbonyl (C=O) groups is 1. The molecule has 1 aliphatic carbocycles. The fourth-order valence-corrected chi connectivity index (χ4v) is 3.02. The predicted octanol–water partition coefficient (Wildman–Crippen LogP) is 4.13. The molecule has 0 radical (unpaired) electrons. The van der Waals surface area contributed by atoms with Crippen LogP contribution in [-0.2, 0) is 11.3 Å². The van der Waals surface area contributed by atoms with Gasteiger partial charge in [0.2, 0.25) is 5.91 Å². The molecule has 1 aromatic rings. The zero-order valence-corrected chi connectivity index (χ0v) is 13.7. The van der Waals surface area contributed by atoms with E-state index in [1.165, 1.54) is 38.5 Å². The molecule has 1 saturated carbocycles. The van der Waals surface area contributed by atoms with Crippen molar-refractivity contribution in [3.05, 3.63) is 29.8 Å². The predicted molar refractivity (Wildman–Crippen MR) is 90.9 cm³/mol. The van der Waals surface area contributed by atoms with Crippen LogP contribution in [0.25, 0.3) is 0 Å². The van der Waals surface area contributed by atoms with Crippen molar-refractivity contribution in [2.45, 2.75) is 51.5 Å². The molecule has 1 aromatic carbocycles. The molecule has 0 unspecified atom stereocenters. The van der Waals surface area contributed by atoms with Crippen LogP contribution in [0.3, 0.4) is 0 Å². The third-order valence-electron chi connectivity index (χ3n) is 4.11. The standard InChI is InChI=1S/C17H26N2O.ClH/c1-18-13-15-10-6-7-11-16(15)19-17(20)12-14-8-4-2-3-5-9-14;/h6-7,10-11,14,18H,2-5,8-9,12-13H2,1H3,(H,19,20);1H. The van der Waals surface area contributed by atoms with Gasteiger partial charge in [-0.15, -0.1) is 12.4 Å². The second-order valence-corrected chi connectivity index (χ2v) is 5.80. The van der Waals surface area contributed by atoms with Gasteiger partial charge in [0.05, 0.1) is 0 Å². The third-order valence-corrected chi connectivity index (χ3v) is 4.11. The minimum absolute atomic E-state index is 0. The number of amides is 1. The summed E-state index contributed by atoms with van der Waals surface area (Å²) in [4.78, 5) is 12.2. The van der Waals surface area contributed by atoms with Crippen LogP contribution in [0.2, 0.25) is 0 Å². The van der Waals surface area contributed by atoms with Gasteiger partial charge in [0.25, 0.3) is 0 Å². The Balaban J connectivity index is 0.00000220. The second kappa shape index (κ2) is 9.80. The van der Waals surface area contributed by atoms with E-state index in [0.717, 1.165) is 17.8 Å². The highest BCUT2D eigenvalue weighted by Crippen LogP contribution is 2.26. The number of rotatable bonds is 5. The van der Waals surface area contributed by atoms with Crippen LogP contribution in [0.4, 0.5) is 5.69 Å². The van der Waals surface area contributed by atoms with E-state index in [1.54, 1.807) is 0 Å². The van der Waals surface area contributed by atoms with Crippen LogP contribution < -0.4 is 10.6 Å². The quantitative estimate of drug-likeness (QED) is 0.803. The zero-order chi connectivity index (χ0) is 14.2. The van der Waals surface area contributed by atoms with Gasteiger partial charge in [0, 0.05) is 18.7 Å². The summed E-state index contributed by atoms with van der Waals surface area (Å²) in [6, 6.07) is 8.02. The maximum Gasteiger partial charge on any atom is 0.224 e. The van der Waals surface area contributed by atoms with Gasteiger partial charge in [-0.05, 0) is 37.4 Å². The average molecular weight is 311 g/mol. The van der Waals surface area contributed by atoms with Crippen LogP contribution in [0, 0.1) is 5.92 Å². The maximum absolute atomic E-state index is 12.2. The van der Waals surface area contributed by atoms with E-state index < -0.39 is 0 Å². The topological polar surface area (TPSA) is 41.1 Å². The largest absolute Gasteiger partial charge is 0.326 e. The molecule has 1 amide bonds. The highest BCUT2D eigenvalue weighted by atomic mass is 35.5. The summed E-state index contributed by atoms with van der Waals surface area (Å²) in [6.45, 7) is 0.778. The van der Waals surface area contributed by atoms with E-state index in [-0.39, 0.29) is 18.3 Å². The Labute approximate surface area is 134 Å². The normalized spacial score (nSPS) is 15.9. The summed E-state index contributed by atoms with van der Waals surface area (Å²) in [7, 11) is 1.92. The Morgan fingerprint density at radius 1 is 1.14 bits per heavy atom. The van der Waals surface area contributed by atoms with Crippen molar-refractivity contribution < 1.29 is 4.79 Å². The van der Waals surface area contributed by atoms with Gasteiger partial charge in [-0.2, -0.15) is 0 Å². The second-order valence-electron chi connectivity index (χ2n) is 5.80. The fourth-order valence-electron chi connectivity index (χ4n) is 3.02. The molecule has 118 valence electrons. The van der Waals surface area contributed by atoms with Crippen molar-refractivity contribution >= 4 is 24.0 Å². The van der Waals surface area contributed by atoms with Gasteiger partial charge in [-0.3, -0.25) is 4.79 Å². The Bertz CT molecular complexity index is 429. The van der Waals surface area contributed by atoms with E-state index in [2.05, 4.69) is 16.7 Å². The molecule has 1 aliphatic rings. The van der Waals surface area contributed by atoms with Gasteiger partial charge in [0.15, 0.2) is 0 Å². The summed E-state index contributed by atoms with van der Waals surface area (Å²) < 4.78 is 0. The molecule has 1 fully saturated rings. The first-order chi connectivity index (χ1) is 9.79. The van der Waals surface area contributed by atoms with Crippen LogP contribution in [0.15, 0.2) is 24.3 Å². The molecular weight excluding hydrogens is 284 g/mol. The lowest BCUT2D eigenvalue weighted by molar-refractivity contribution is -0.117. The van der Waals surface area contributed by atoms with Gasteiger partial charge in [-0.25, -0.2) is 0 Å². The minimum atomic E-state index is 0. The highest BCUT2D eigenvalue weighted by Gasteiger charge is 2.16. The van der Waals surface area contributed by atoms with Crippen molar-refractivity contribution in [3.8, 4) is 0 Å². The molecule has 0 aliphatic heterocycles. The molecule has 0 bridgehead atoms. The first kappa shape index (κ1) is 18.0. The van der Waals surface area contributed by atoms with Crippen molar-refractivity contribution in [2.24, 2.45) is 5.92 Å². The summed E-state index contributed by atoms with van der Waals surface area (Å²) in [5.41, 5.74) is 2.09. The van der Waals surface area contributed by atoms with Gasteiger partial charge < -0.3 is 10.6 Å². The first-order valence-corrected chi connectivity index (χ1v) is 7.82. The molecule has 0 saturated heterocycles.